The van der Waals surface area contributed by atoms with Crippen LogP contribution in [0.25, 0.3) is 11.4 Å². The SMILES string of the molecule is CC.CCCCOC(=O)c1ccc(=N)n(C(=N)Cc2cccc(-c3ncc(C)cn3)c2)n1. The van der Waals surface area contributed by atoms with E-state index in [2.05, 4.69) is 15.1 Å². The van der Waals surface area contributed by atoms with E-state index in [1.165, 1.54) is 12.1 Å². The van der Waals surface area contributed by atoms with Crippen molar-refractivity contribution in [3.05, 3.63) is 71.1 Å². The summed E-state index contributed by atoms with van der Waals surface area (Å²) in [4.78, 5) is 20.8. The third-order valence-electron chi connectivity index (χ3n) is 4.37. The number of nitrogens with zero attached hydrogens (tertiary/aromatic N) is 4. The van der Waals surface area contributed by atoms with E-state index < -0.39 is 5.97 Å². The fourth-order valence-corrected chi connectivity index (χ4v) is 2.75. The van der Waals surface area contributed by atoms with Crippen molar-refractivity contribution in [2.45, 2.75) is 47.0 Å². The predicted molar refractivity (Wildman–Crippen MR) is 124 cm³/mol. The van der Waals surface area contributed by atoms with Crippen LogP contribution in [0.3, 0.4) is 0 Å². The van der Waals surface area contributed by atoms with Crippen molar-refractivity contribution in [3.63, 3.8) is 0 Å². The number of rotatable bonds is 7. The molecule has 0 fully saturated rings. The first-order chi connectivity index (χ1) is 15.5. The largest absolute Gasteiger partial charge is 0.461 e. The standard InChI is InChI=1S/C22H24N6O2.C2H6/c1-3-4-10-30-22(29)18-8-9-19(23)28(27-18)20(24)12-16-6-5-7-17(11-16)21-25-13-15(2)14-26-21;1-2/h5-9,11,13-14,23-24H,3-4,10,12H2,1-2H3;1-2H3. The molecule has 2 N–H and O–H groups in total. The molecule has 0 saturated carbocycles. The molecule has 2 aromatic heterocycles. The van der Waals surface area contributed by atoms with Gasteiger partial charge in [0.15, 0.2) is 11.5 Å². The Hall–Kier alpha value is -3.68. The molecule has 8 heteroatoms. The van der Waals surface area contributed by atoms with E-state index in [9.17, 15) is 4.79 Å². The van der Waals surface area contributed by atoms with Crippen molar-refractivity contribution in [2.75, 3.05) is 6.61 Å². The van der Waals surface area contributed by atoms with Gasteiger partial charge in [0.05, 0.1) is 6.61 Å². The highest BCUT2D eigenvalue weighted by molar-refractivity contribution is 5.88. The number of hydrogen-bond acceptors (Lipinski definition) is 7. The van der Waals surface area contributed by atoms with Crippen LogP contribution >= 0.6 is 0 Å². The van der Waals surface area contributed by atoms with Gasteiger partial charge in [0, 0.05) is 24.4 Å². The minimum absolute atomic E-state index is 0.0168. The van der Waals surface area contributed by atoms with E-state index in [4.69, 9.17) is 15.6 Å². The molecule has 0 spiro atoms. The highest BCUT2D eigenvalue weighted by Gasteiger charge is 2.13. The van der Waals surface area contributed by atoms with Crippen LogP contribution in [-0.2, 0) is 11.2 Å². The van der Waals surface area contributed by atoms with Crippen LogP contribution in [0.15, 0.2) is 48.8 Å². The maximum atomic E-state index is 12.1. The van der Waals surface area contributed by atoms with Crippen LogP contribution in [0.2, 0.25) is 0 Å². The van der Waals surface area contributed by atoms with E-state index in [1.54, 1.807) is 12.4 Å². The summed E-state index contributed by atoms with van der Waals surface area (Å²) in [6.07, 6.45) is 5.45. The van der Waals surface area contributed by atoms with Crippen LogP contribution in [0.1, 0.15) is 55.2 Å². The normalized spacial score (nSPS) is 10.1. The lowest BCUT2D eigenvalue weighted by molar-refractivity contribution is 0.0490. The Kier molecular flexibility index (Phi) is 9.41. The van der Waals surface area contributed by atoms with E-state index in [0.29, 0.717) is 12.4 Å². The summed E-state index contributed by atoms with van der Waals surface area (Å²) in [6.45, 7) is 8.26. The molecule has 0 aliphatic heterocycles. The topological polar surface area (TPSA) is 118 Å². The monoisotopic (exact) mass is 434 g/mol. The highest BCUT2D eigenvalue weighted by Crippen LogP contribution is 2.16. The number of benzene rings is 1. The molecule has 0 aliphatic rings. The number of unbranched alkanes of at least 4 members (excludes halogenated alkanes) is 1. The van der Waals surface area contributed by atoms with Gasteiger partial charge in [-0.1, -0.05) is 45.4 Å². The third kappa shape index (κ3) is 6.66. The second kappa shape index (κ2) is 12.2. The predicted octanol–water partition coefficient (Wildman–Crippen LogP) is 4.18. The summed E-state index contributed by atoms with van der Waals surface area (Å²) in [7, 11) is 0. The minimum Gasteiger partial charge on any atom is -0.461 e. The summed E-state index contributed by atoms with van der Waals surface area (Å²) in [5.41, 5.74) is 2.77. The zero-order valence-electron chi connectivity index (χ0n) is 19.1. The van der Waals surface area contributed by atoms with Gasteiger partial charge in [-0.05, 0) is 42.7 Å². The lowest BCUT2D eigenvalue weighted by Crippen LogP contribution is -2.31. The summed E-state index contributed by atoms with van der Waals surface area (Å²) in [5.74, 6) is 0.131. The molecule has 0 unspecified atom stereocenters. The molecule has 0 aliphatic carbocycles. The van der Waals surface area contributed by atoms with Gasteiger partial charge in [-0.2, -0.15) is 5.10 Å². The zero-order valence-corrected chi connectivity index (χ0v) is 19.1. The second-order valence-electron chi connectivity index (χ2n) is 6.91. The molecule has 32 heavy (non-hydrogen) atoms. The quantitative estimate of drug-likeness (QED) is 0.250. The van der Waals surface area contributed by atoms with Crippen molar-refractivity contribution >= 4 is 11.8 Å². The van der Waals surface area contributed by atoms with Crippen molar-refractivity contribution in [2.24, 2.45) is 0 Å². The molecular weight excluding hydrogens is 404 g/mol. The van der Waals surface area contributed by atoms with E-state index >= 15 is 0 Å². The molecule has 0 amide bonds. The van der Waals surface area contributed by atoms with Crippen LogP contribution in [0.4, 0.5) is 0 Å². The smallest absolute Gasteiger partial charge is 0.358 e. The van der Waals surface area contributed by atoms with Crippen molar-refractivity contribution in [1.29, 1.82) is 10.8 Å². The van der Waals surface area contributed by atoms with E-state index in [-0.39, 0.29) is 23.4 Å². The first-order valence-corrected chi connectivity index (χ1v) is 10.8. The van der Waals surface area contributed by atoms with Crippen molar-refractivity contribution in [3.8, 4) is 11.4 Å². The number of aromatic nitrogens is 4. The van der Waals surface area contributed by atoms with Crippen LogP contribution in [-0.4, -0.2) is 38.2 Å². The van der Waals surface area contributed by atoms with Crippen molar-refractivity contribution < 1.29 is 9.53 Å². The van der Waals surface area contributed by atoms with Crippen LogP contribution < -0.4 is 5.49 Å². The summed E-state index contributed by atoms with van der Waals surface area (Å²) in [5, 5.41) is 20.6. The highest BCUT2D eigenvalue weighted by atomic mass is 16.5. The molecule has 0 saturated heterocycles. The van der Waals surface area contributed by atoms with E-state index in [0.717, 1.165) is 34.2 Å². The average Bonchev–Trinajstić information content (AvgIpc) is 2.81. The molecule has 3 aromatic rings. The maximum Gasteiger partial charge on any atom is 0.358 e. The van der Waals surface area contributed by atoms with Crippen molar-refractivity contribution in [1.82, 2.24) is 19.7 Å². The summed E-state index contributed by atoms with van der Waals surface area (Å²) < 4.78 is 6.32. The molecule has 8 nitrogen and oxygen atoms in total. The lowest BCUT2D eigenvalue weighted by atomic mass is 10.1. The number of nitrogens with one attached hydrogen (secondary N) is 2. The summed E-state index contributed by atoms with van der Waals surface area (Å²) in [6, 6.07) is 10.5. The van der Waals surface area contributed by atoms with Gasteiger partial charge in [-0.15, -0.1) is 0 Å². The molecule has 168 valence electrons. The number of carbonyl (C=O) groups excluding carboxylic acids is 1. The minimum atomic E-state index is -0.552. The second-order valence-corrected chi connectivity index (χ2v) is 6.91. The Morgan fingerprint density at radius 2 is 1.84 bits per heavy atom. The van der Waals surface area contributed by atoms with Gasteiger partial charge in [0.2, 0.25) is 0 Å². The Balaban J connectivity index is 0.00000176. The molecular formula is C24H30N6O2. The lowest BCUT2D eigenvalue weighted by Gasteiger charge is -2.10. The van der Waals surface area contributed by atoms with Gasteiger partial charge in [0.1, 0.15) is 11.3 Å². The van der Waals surface area contributed by atoms with Gasteiger partial charge >= 0.3 is 5.97 Å². The van der Waals surface area contributed by atoms with Gasteiger partial charge in [0.25, 0.3) is 0 Å². The van der Waals surface area contributed by atoms with E-state index in [1.807, 2.05) is 52.0 Å². The number of hydrogen-bond donors (Lipinski definition) is 2. The van der Waals surface area contributed by atoms with Crippen LogP contribution in [0, 0.1) is 17.7 Å². The Morgan fingerprint density at radius 1 is 1.12 bits per heavy atom. The van der Waals surface area contributed by atoms with Gasteiger partial charge < -0.3 is 4.74 Å². The number of carbonyl (C=O) groups is 1. The molecule has 3 rings (SSSR count). The van der Waals surface area contributed by atoms with Gasteiger partial charge in [-0.3, -0.25) is 10.8 Å². The zero-order chi connectivity index (χ0) is 23.5. The number of aryl methyl sites for hydroxylation is 1. The Bertz CT molecular complexity index is 1110. The third-order valence-corrected chi connectivity index (χ3v) is 4.37. The first-order valence-electron chi connectivity index (χ1n) is 10.8. The fourth-order valence-electron chi connectivity index (χ4n) is 2.75. The molecule has 0 radical (unpaired) electrons. The fraction of sp³-hybridized carbons (Fsp3) is 0.333. The summed E-state index contributed by atoms with van der Waals surface area (Å²) >= 11 is 0. The molecule has 0 atom stereocenters. The number of esters is 1. The molecule has 0 bridgehead atoms. The Labute approximate surface area is 188 Å². The first kappa shape index (κ1) is 24.6. The van der Waals surface area contributed by atoms with Gasteiger partial charge in [-0.25, -0.2) is 19.4 Å². The molecule has 2 heterocycles. The maximum absolute atomic E-state index is 12.1. The number of ether oxygens (including phenoxy) is 1. The van der Waals surface area contributed by atoms with Crippen LogP contribution in [0.5, 0.6) is 0 Å². The average molecular weight is 435 g/mol. The Morgan fingerprint density at radius 3 is 2.53 bits per heavy atom. The molecule has 1 aromatic carbocycles.